The maximum absolute atomic E-state index is 12.2. The van der Waals surface area contributed by atoms with E-state index < -0.39 is 0 Å². The monoisotopic (exact) mass is 547 g/mol. The van der Waals surface area contributed by atoms with Crippen LogP contribution in [-0.2, 0) is 22.6 Å². The number of nitrogens with one attached hydrogen (secondary N) is 2. The van der Waals surface area contributed by atoms with Gasteiger partial charge in [0, 0.05) is 29.1 Å². The highest BCUT2D eigenvalue weighted by atomic mass is 35.5. The maximum Gasteiger partial charge on any atom is 0.240 e. The molecule has 204 valence electrons. The Morgan fingerprint density at radius 1 is 1.00 bits per heavy atom. The van der Waals surface area contributed by atoms with Crippen LogP contribution in [0.3, 0.4) is 0 Å². The Labute approximate surface area is 234 Å². The van der Waals surface area contributed by atoms with Crippen LogP contribution in [0.25, 0.3) is 0 Å². The topological polar surface area (TPSA) is 89.0 Å². The lowest BCUT2D eigenvalue weighted by molar-refractivity contribution is -0.124. The maximum atomic E-state index is 12.2. The molecule has 0 radical (unpaired) electrons. The molecule has 7 nitrogen and oxygen atoms in total. The van der Waals surface area contributed by atoms with E-state index in [4.69, 9.17) is 21.1 Å². The van der Waals surface area contributed by atoms with Crippen molar-refractivity contribution < 1.29 is 19.1 Å². The molecule has 8 heteroatoms. The number of amides is 2. The van der Waals surface area contributed by atoms with Gasteiger partial charge in [0.25, 0.3) is 0 Å². The van der Waals surface area contributed by atoms with Crippen LogP contribution < -0.4 is 20.2 Å². The molecule has 0 fully saturated rings. The third kappa shape index (κ3) is 9.30. The number of hydrogen-bond acceptors (Lipinski definition) is 5. The molecule has 0 aliphatic carbocycles. The van der Waals surface area contributed by atoms with Crippen LogP contribution in [0.5, 0.6) is 11.5 Å². The average molecular weight is 548 g/mol. The van der Waals surface area contributed by atoms with Crippen molar-refractivity contribution in [1.82, 2.24) is 5.43 Å². The van der Waals surface area contributed by atoms with Gasteiger partial charge in [-0.15, -0.1) is 6.58 Å². The highest BCUT2D eigenvalue weighted by Crippen LogP contribution is 2.34. The summed E-state index contributed by atoms with van der Waals surface area (Å²) in [6.07, 6.45) is 3.89. The molecule has 0 aliphatic rings. The van der Waals surface area contributed by atoms with Crippen LogP contribution in [0.1, 0.15) is 47.6 Å². The van der Waals surface area contributed by atoms with Gasteiger partial charge >= 0.3 is 0 Å². The number of aryl methyl sites for hydroxylation is 2. The van der Waals surface area contributed by atoms with Crippen LogP contribution in [0, 0.1) is 13.8 Å². The standard InChI is InChI=1S/C31H34ClN3O4/c1-5-7-25-16-24(17-28(38-6-2)31(25)39-20-23-11-8-21(3)9-12-23)19-33-35-30(37)15-14-29(36)34-26-13-10-22(4)27(32)18-26/h5,8-13,16-19H,1,6-7,14-15,20H2,2-4H3,(H,34,36)(H,35,37). The van der Waals surface area contributed by atoms with E-state index in [0.29, 0.717) is 41.8 Å². The van der Waals surface area contributed by atoms with Gasteiger partial charge in [-0.05, 0) is 68.1 Å². The Morgan fingerprint density at radius 2 is 1.74 bits per heavy atom. The minimum atomic E-state index is -0.377. The molecular weight excluding hydrogens is 514 g/mol. The Balaban J connectivity index is 1.61. The lowest BCUT2D eigenvalue weighted by atomic mass is 10.1. The van der Waals surface area contributed by atoms with Gasteiger partial charge in [-0.1, -0.05) is 53.6 Å². The third-order valence-electron chi connectivity index (χ3n) is 5.76. The van der Waals surface area contributed by atoms with Crippen molar-refractivity contribution in [2.24, 2.45) is 5.10 Å². The first-order valence-electron chi connectivity index (χ1n) is 12.8. The van der Waals surface area contributed by atoms with Crippen LogP contribution in [-0.4, -0.2) is 24.6 Å². The zero-order chi connectivity index (χ0) is 28.2. The first-order chi connectivity index (χ1) is 18.8. The fraction of sp³-hybridized carbons (Fsp3) is 0.258. The summed E-state index contributed by atoms with van der Waals surface area (Å²) in [6.45, 7) is 10.5. The number of hydrogen-bond donors (Lipinski definition) is 2. The van der Waals surface area contributed by atoms with Crippen molar-refractivity contribution in [2.75, 3.05) is 11.9 Å². The minimum Gasteiger partial charge on any atom is -0.490 e. The molecule has 0 unspecified atom stereocenters. The van der Waals surface area contributed by atoms with Crippen LogP contribution in [0.15, 0.2) is 72.4 Å². The number of hydrazone groups is 1. The average Bonchev–Trinajstić information content (AvgIpc) is 2.90. The van der Waals surface area contributed by atoms with Crippen molar-refractivity contribution in [3.63, 3.8) is 0 Å². The molecule has 0 saturated heterocycles. The summed E-state index contributed by atoms with van der Waals surface area (Å²) < 4.78 is 12.0. The zero-order valence-corrected chi connectivity index (χ0v) is 23.3. The third-order valence-corrected chi connectivity index (χ3v) is 6.17. The molecule has 3 aromatic rings. The summed E-state index contributed by atoms with van der Waals surface area (Å²) in [4.78, 5) is 24.4. The Kier molecular flexibility index (Phi) is 11.1. The number of anilines is 1. The molecule has 0 heterocycles. The van der Waals surface area contributed by atoms with E-state index in [2.05, 4.69) is 22.4 Å². The largest absolute Gasteiger partial charge is 0.490 e. The first kappa shape index (κ1) is 29.5. The molecular formula is C31H34ClN3O4. The molecule has 0 aliphatic heterocycles. The summed E-state index contributed by atoms with van der Waals surface area (Å²) in [6, 6.07) is 17.2. The van der Waals surface area contributed by atoms with Gasteiger partial charge in [0.15, 0.2) is 11.5 Å². The predicted octanol–water partition coefficient (Wildman–Crippen LogP) is 6.53. The fourth-order valence-corrected chi connectivity index (χ4v) is 3.87. The Bertz CT molecular complexity index is 1340. The van der Waals surface area contributed by atoms with Crippen molar-refractivity contribution in [3.05, 3.63) is 100 Å². The number of nitrogens with zero attached hydrogens (tertiary/aromatic N) is 1. The summed E-state index contributed by atoms with van der Waals surface area (Å²) in [5.41, 5.74) is 7.84. The summed E-state index contributed by atoms with van der Waals surface area (Å²) in [5.74, 6) is 0.576. The van der Waals surface area contributed by atoms with E-state index in [1.165, 1.54) is 11.8 Å². The molecule has 3 rings (SSSR count). The van der Waals surface area contributed by atoms with Crippen molar-refractivity contribution >= 4 is 35.3 Å². The Morgan fingerprint density at radius 3 is 2.44 bits per heavy atom. The summed E-state index contributed by atoms with van der Waals surface area (Å²) in [5, 5.41) is 7.36. The zero-order valence-electron chi connectivity index (χ0n) is 22.6. The van der Waals surface area contributed by atoms with Gasteiger partial charge in [0.05, 0.1) is 12.8 Å². The number of allylic oxidation sites excluding steroid dienone is 1. The van der Waals surface area contributed by atoms with E-state index in [0.717, 1.165) is 22.3 Å². The van der Waals surface area contributed by atoms with Gasteiger partial charge in [0.2, 0.25) is 11.8 Å². The van der Waals surface area contributed by atoms with E-state index >= 15 is 0 Å². The van der Waals surface area contributed by atoms with Gasteiger partial charge in [-0.2, -0.15) is 5.10 Å². The number of benzene rings is 3. The highest BCUT2D eigenvalue weighted by molar-refractivity contribution is 6.31. The highest BCUT2D eigenvalue weighted by Gasteiger charge is 2.14. The van der Waals surface area contributed by atoms with Crippen LogP contribution >= 0.6 is 11.6 Å². The molecule has 2 amide bonds. The van der Waals surface area contributed by atoms with Gasteiger partial charge in [0.1, 0.15) is 6.61 Å². The van der Waals surface area contributed by atoms with Crippen molar-refractivity contribution in [3.8, 4) is 11.5 Å². The molecule has 0 bridgehead atoms. The van der Waals surface area contributed by atoms with E-state index in [9.17, 15) is 9.59 Å². The number of halogens is 1. The smallest absolute Gasteiger partial charge is 0.240 e. The molecule has 0 aromatic heterocycles. The van der Waals surface area contributed by atoms with Gasteiger partial charge in [-0.3, -0.25) is 9.59 Å². The van der Waals surface area contributed by atoms with Crippen LogP contribution in [0.4, 0.5) is 5.69 Å². The summed E-state index contributed by atoms with van der Waals surface area (Å²) >= 11 is 6.09. The quantitative estimate of drug-likeness (QED) is 0.145. The number of carbonyl (C=O) groups excluding carboxylic acids is 2. The second-order valence-corrected chi connectivity index (χ2v) is 9.42. The molecule has 0 saturated carbocycles. The summed E-state index contributed by atoms with van der Waals surface area (Å²) in [7, 11) is 0. The van der Waals surface area contributed by atoms with E-state index in [1.54, 1.807) is 18.2 Å². The fourth-order valence-electron chi connectivity index (χ4n) is 3.69. The number of rotatable bonds is 13. The van der Waals surface area contributed by atoms with Gasteiger partial charge < -0.3 is 14.8 Å². The lowest BCUT2D eigenvalue weighted by Gasteiger charge is -2.17. The molecule has 39 heavy (non-hydrogen) atoms. The van der Waals surface area contributed by atoms with Crippen LogP contribution in [0.2, 0.25) is 5.02 Å². The molecule has 0 atom stereocenters. The first-order valence-corrected chi connectivity index (χ1v) is 13.1. The molecule has 0 spiro atoms. The molecule has 3 aromatic carbocycles. The molecule has 2 N–H and O–H groups in total. The Hall–Kier alpha value is -4.10. The minimum absolute atomic E-state index is 0.0117. The lowest BCUT2D eigenvalue weighted by Crippen LogP contribution is -2.20. The van der Waals surface area contributed by atoms with E-state index in [-0.39, 0.29) is 24.7 Å². The van der Waals surface area contributed by atoms with Crippen molar-refractivity contribution in [2.45, 2.75) is 46.6 Å². The normalized spacial score (nSPS) is 10.8. The van der Waals surface area contributed by atoms with Crippen molar-refractivity contribution in [1.29, 1.82) is 0 Å². The van der Waals surface area contributed by atoms with E-state index in [1.807, 2.05) is 63.2 Å². The predicted molar refractivity (Wildman–Crippen MR) is 157 cm³/mol. The number of carbonyl (C=O) groups is 2. The second-order valence-electron chi connectivity index (χ2n) is 9.01. The number of ether oxygens (including phenoxy) is 2. The second kappa shape index (κ2) is 14.7. The van der Waals surface area contributed by atoms with Gasteiger partial charge in [-0.25, -0.2) is 5.43 Å². The SMILES string of the molecule is C=CCc1cc(C=NNC(=O)CCC(=O)Nc2ccc(C)c(Cl)c2)cc(OCC)c1OCc1ccc(C)cc1.